The molecule has 0 radical (unpaired) electrons. The molecule has 1 aliphatic heterocycles. The van der Waals surface area contributed by atoms with Crippen molar-refractivity contribution in [3.8, 4) is 11.5 Å². The largest absolute Gasteiger partial charge is 0.450 e. The van der Waals surface area contributed by atoms with Gasteiger partial charge >= 0.3 is 5.69 Å². The summed E-state index contributed by atoms with van der Waals surface area (Å²) in [5.41, 5.74) is 4.53. The summed E-state index contributed by atoms with van der Waals surface area (Å²) in [6.45, 7) is -0.511. The van der Waals surface area contributed by atoms with Gasteiger partial charge in [0.25, 0.3) is 16.8 Å². The number of amides is 3. The third kappa shape index (κ3) is 4.84. The smallest absolute Gasteiger partial charge is 0.318 e. The number of nitro groups is 2. The summed E-state index contributed by atoms with van der Waals surface area (Å²) in [6.07, 6.45) is 1.43. The van der Waals surface area contributed by atoms with Gasteiger partial charge in [0, 0.05) is 6.07 Å². The number of nitrogens with zero attached hydrogens (tertiary/aromatic N) is 3. The second-order valence-electron chi connectivity index (χ2n) is 6.07. The molecule has 0 saturated carbocycles. The quantitative estimate of drug-likeness (QED) is 0.382. The highest BCUT2D eigenvalue weighted by Crippen LogP contribution is 2.35. The van der Waals surface area contributed by atoms with E-state index in [1.807, 2.05) is 0 Å². The molecule has 1 fully saturated rings. The summed E-state index contributed by atoms with van der Waals surface area (Å²) >= 11 is 0.664. The number of thioether (sulfide) groups is 1. The standard InChI is InChI=1S/C18H12N4O8S/c19-16(23)9-20-17(24)15(31-18(20)25)7-10-1-4-12(5-2-10)30-14-6-3-11(21(26)27)8-13(14)22(28)29/h1-8H,9H2,(H2,19,23)/b15-7-. The van der Waals surface area contributed by atoms with Crippen LogP contribution >= 0.6 is 11.8 Å². The molecule has 13 heteroatoms. The highest BCUT2D eigenvalue weighted by molar-refractivity contribution is 8.18. The van der Waals surface area contributed by atoms with Crippen LogP contribution in [-0.2, 0) is 9.59 Å². The summed E-state index contributed by atoms with van der Waals surface area (Å²) in [5, 5.41) is 21.4. The maximum absolute atomic E-state index is 12.2. The van der Waals surface area contributed by atoms with E-state index in [1.54, 1.807) is 0 Å². The van der Waals surface area contributed by atoms with Crippen molar-refractivity contribution in [2.24, 2.45) is 5.73 Å². The number of ether oxygens (including phenoxy) is 1. The van der Waals surface area contributed by atoms with Gasteiger partial charge in [-0.2, -0.15) is 0 Å². The average molecular weight is 444 g/mol. The van der Waals surface area contributed by atoms with Crippen LogP contribution in [-0.4, -0.2) is 38.3 Å². The van der Waals surface area contributed by atoms with Crippen LogP contribution in [0, 0.1) is 20.2 Å². The Hall–Kier alpha value is -4.26. The molecule has 1 heterocycles. The van der Waals surface area contributed by atoms with E-state index in [0.29, 0.717) is 17.3 Å². The molecule has 1 saturated heterocycles. The predicted molar refractivity (Wildman–Crippen MR) is 108 cm³/mol. The van der Waals surface area contributed by atoms with Crippen molar-refractivity contribution >= 4 is 46.3 Å². The summed E-state index contributed by atoms with van der Waals surface area (Å²) in [6, 6.07) is 9.00. The molecule has 0 spiro atoms. The summed E-state index contributed by atoms with van der Waals surface area (Å²) < 4.78 is 5.46. The molecule has 0 unspecified atom stereocenters. The van der Waals surface area contributed by atoms with Crippen molar-refractivity contribution in [3.63, 3.8) is 0 Å². The monoisotopic (exact) mass is 444 g/mol. The molecule has 0 aromatic heterocycles. The minimum absolute atomic E-state index is 0.103. The lowest BCUT2D eigenvalue weighted by molar-refractivity contribution is -0.394. The first kappa shape index (κ1) is 21.4. The molecule has 0 aliphatic carbocycles. The summed E-state index contributed by atoms with van der Waals surface area (Å²) in [7, 11) is 0. The molecular weight excluding hydrogens is 432 g/mol. The maximum atomic E-state index is 12.2. The van der Waals surface area contributed by atoms with Gasteiger partial charge in [0.05, 0.1) is 20.8 Å². The number of non-ortho nitro benzene ring substituents is 1. The Bertz CT molecular complexity index is 1150. The highest BCUT2D eigenvalue weighted by atomic mass is 32.2. The number of rotatable bonds is 7. The van der Waals surface area contributed by atoms with E-state index in [0.717, 1.165) is 23.1 Å². The molecule has 2 N–H and O–H groups in total. The highest BCUT2D eigenvalue weighted by Gasteiger charge is 2.35. The Balaban J connectivity index is 1.79. The first-order valence-electron chi connectivity index (χ1n) is 8.40. The molecule has 0 atom stereocenters. The number of imide groups is 1. The Labute approximate surface area is 177 Å². The van der Waals surface area contributed by atoms with Crippen LogP contribution in [0.2, 0.25) is 0 Å². The SMILES string of the molecule is NC(=O)CN1C(=O)S/C(=C\c2ccc(Oc3ccc([N+](=O)[O-])cc3[N+](=O)[O-])cc2)C1=O. The number of hydrogen-bond donors (Lipinski definition) is 1. The van der Waals surface area contributed by atoms with Gasteiger partial charge in [-0.1, -0.05) is 12.1 Å². The lowest BCUT2D eigenvalue weighted by atomic mass is 10.2. The van der Waals surface area contributed by atoms with Crippen molar-refractivity contribution in [2.45, 2.75) is 0 Å². The topological polar surface area (TPSA) is 176 Å². The zero-order valence-electron chi connectivity index (χ0n) is 15.4. The number of nitro benzene ring substituents is 2. The van der Waals surface area contributed by atoms with E-state index in [9.17, 15) is 34.6 Å². The number of nitrogens with two attached hydrogens (primary N) is 1. The number of hydrogen-bond acceptors (Lipinski definition) is 9. The van der Waals surface area contributed by atoms with E-state index in [4.69, 9.17) is 10.5 Å². The number of benzene rings is 2. The van der Waals surface area contributed by atoms with Crippen LogP contribution in [0.4, 0.5) is 16.2 Å². The molecule has 12 nitrogen and oxygen atoms in total. The average Bonchev–Trinajstić information content (AvgIpc) is 2.96. The van der Waals surface area contributed by atoms with E-state index in [2.05, 4.69) is 0 Å². The zero-order valence-corrected chi connectivity index (χ0v) is 16.2. The second kappa shape index (κ2) is 8.62. The number of primary amides is 1. The van der Waals surface area contributed by atoms with Crippen molar-refractivity contribution < 1.29 is 29.0 Å². The Morgan fingerprint density at radius 3 is 2.35 bits per heavy atom. The minimum Gasteiger partial charge on any atom is -0.450 e. The Morgan fingerprint density at radius 1 is 1.10 bits per heavy atom. The molecule has 3 rings (SSSR count). The lowest BCUT2D eigenvalue weighted by Gasteiger charge is -2.08. The Kier molecular flexibility index (Phi) is 5.97. The Morgan fingerprint density at radius 2 is 1.77 bits per heavy atom. The maximum Gasteiger partial charge on any atom is 0.318 e. The van der Waals surface area contributed by atoms with Gasteiger partial charge in [-0.15, -0.1) is 0 Å². The number of carbonyl (C=O) groups excluding carboxylic acids is 3. The van der Waals surface area contributed by atoms with Crippen LogP contribution in [0.5, 0.6) is 11.5 Å². The first-order chi connectivity index (χ1) is 14.7. The van der Waals surface area contributed by atoms with Gasteiger partial charge in [0.2, 0.25) is 11.7 Å². The molecular formula is C18H12N4O8S. The van der Waals surface area contributed by atoms with Crippen molar-refractivity contribution in [2.75, 3.05) is 6.54 Å². The molecule has 1 aliphatic rings. The van der Waals surface area contributed by atoms with Crippen LogP contribution in [0.3, 0.4) is 0 Å². The van der Waals surface area contributed by atoms with E-state index in [-0.39, 0.29) is 16.4 Å². The molecule has 2 aromatic rings. The lowest BCUT2D eigenvalue weighted by Crippen LogP contribution is -2.36. The predicted octanol–water partition coefficient (Wildman–Crippen LogP) is 2.82. The second-order valence-corrected chi connectivity index (χ2v) is 7.06. The normalized spacial score (nSPS) is 14.7. The van der Waals surface area contributed by atoms with Crippen LogP contribution in [0.1, 0.15) is 5.56 Å². The summed E-state index contributed by atoms with van der Waals surface area (Å²) in [5.74, 6) is -1.44. The molecule has 2 aromatic carbocycles. The van der Waals surface area contributed by atoms with Gasteiger partial charge in [0.1, 0.15) is 12.3 Å². The third-order valence-corrected chi connectivity index (χ3v) is 4.85. The number of carbonyl (C=O) groups is 3. The van der Waals surface area contributed by atoms with Crippen molar-refractivity contribution in [1.29, 1.82) is 0 Å². The van der Waals surface area contributed by atoms with Gasteiger partial charge in [-0.05, 0) is 41.6 Å². The van der Waals surface area contributed by atoms with Crippen molar-refractivity contribution in [3.05, 3.63) is 73.2 Å². The minimum atomic E-state index is -0.814. The summed E-state index contributed by atoms with van der Waals surface area (Å²) in [4.78, 5) is 56.3. The molecule has 3 amide bonds. The van der Waals surface area contributed by atoms with Gasteiger partial charge in [-0.25, -0.2) is 0 Å². The molecule has 31 heavy (non-hydrogen) atoms. The van der Waals surface area contributed by atoms with Crippen LogP contribution in [0.25, 0.3) is 6.08 Å². The van der Waals surface area contributed by atoms with Gasteiger partial charge < -0.3 is 10.5 Å². The van der Waals surface area contributed by atoms with E-state index >= 15 is 0 Å². The van der Waals surface area contributed by atoms with Crippen LogP contribution in [0.15, 0.2) is 47.4 Å². The molecule has 0 bridgehead atoms. The fourth-order valence-corrected chi connectivity index (χ4v) is 3.39. The zero-order chi connectivity index (χ0) is 22.7. The van der Waals surface area contributed by atoms with Crippen molar-refractivity contribution in [1.82, 2.24) is 4.90 Å². The van der Waals surface area contributed by atoms with E-state index < -0.39 is 44.8 Å². The van der Waals surface area contributed by atoms with Crippen LogP contribution < -0.4 is 10.5 Å². The van der Waals surface area contributed by atoms with Gasteiger partial charge in [-0.3, -0.25) is 39.5 Å². The first-order valence-corrected chi connectivity index (χ1v) is 9.22. The fraction of sp³-hybridized carbons (Fsp3) is 0.0556. The third-order valence-electron chi connectivity index (χ3n) is 3.94. The van der Waals surface area contributed by atoms with E-state index in [1.165, 1.54) is 30.3 Å². The fourth-order valence-electron chi connectivity index (χ4n) is 2.55. The molecule has 158 valence electrons. The van der Waals surface area contributed by atoms with Gasteiger partial charge in [0.15, 0.2) is 0 Å².